The Morgan fingerprint density at radius 3 is 2.69 bits per heavy atom. The van der Waals surface area contributed by atoms with Gasteiger partial charge in [-0.1, -0.05) is 30.4 Å². The third-order valence-corrected chi connectivity index (χ3v) is 6.32. The maximum Gasteiger partial charge on any atom is 0.268 e. The highest BCUT2D eigenvalue weighted by molar-refractivity contribution is 6.08. The molecule has 3 heterocycles. The summed E-state index contributed by atoms with van der Waals surface area (Å²) in [7, 11) is 0. The number of carbonyl (C=O) groups excluding carboxylic acids is 2. The zero-order chi connectivity index (χ0) is 25.3. The number of Topliss-reactive ketones (excluding diaryl/α,β-unsaturated/α-hetero) is 1. The summed E-state index contributed by atoms with van der Waals surface area (Å²) in [5, 5.41) is 10.8. The Bertz CT molecular complexity index is 1550. The highest BCUT2D eigenvalue weighted by Crippen LogP contribution is 2.32. The maximum atomic E-state index is 13.7. The Morgan fingerprint density at radius 1 is 1.11 bits per heavy atom. The van der Waals surface area contributed by atoms with E-state index >= 15 is 0 Å². The van der Waals surface area contributed by atoms with Crippen LogP contribution in [0.2, 0.25) is 0 Å². The minimum Gasteiger partial charge on any atom is -0.464 e. The number of furan rings is 1. The molecule has 2 aromatic carbocycles. The summed E-state index contributed by atoms with van der Waals surface area (Å²) in [6, 6.07) is 15.5. The molecule has 1 saturated heterocycles. The molecule has 1 amide bonds. The maximum absolute atomic E-state index is 13.7. The SMILES string of the molecule is N#C[C@@H]1CC(F)(F)CN1C(=O)CCC(=O)c1ccnc2ccc(/C=C/c3ccc4ccoc4c3)cc12. The third-order valence-electron chi connectivity index (χ3n) is 6.32. The van der Waals surface area contributed by atoms with Crippen LogP contribution in [0.5, 0.6) is 0 Å². The molecule has 0 bridgehead atoms. The van der Waals surface area contributed by atoms with E-state index in [9.17, 15) is 18.4 Å². The normalized spacial score (nSPS) is 17.1. The number of carbonyl (C=O) groups is 2. The molecule has 180 valence electrons. The topological polar surface area (TPSA) is 87.2 Å². The quantitative estimate of drug-likeness (QED) is 0.252. The minimum absolute atomic E-state index is 0.151. The monoisotopic (exact) mass is 485 g/mol. The lowest BCUT2D eigenvalue weighted by molar-refractivity contribution is -0.132. The standard InChI is InChI=1S/C28H21F2N3O3/c29-28(30)15-21(16-31)33(17-28)27(35)8-7-25(34)22-9-11-32-24-6-4-18(13-23(22)24)1-2-19-3-5-20-10-12-36-26(20)14-19/h1-6,9-14,21H,7-8,15,17H2/b2-1+/t21-/m0/s1. The summed E-state index contributed by atoms with van der Waals surface area (Å²) in [6.07, 6.45) is 5.96. The number of hydrogen-bond acceptors (Lipinski definition) is 5. The van der Waals surface area contributed by atoms with Crippen LogP contribution in [0, 0.1) is 11.3 Å². The molecule has 0 saturated carbocycles. The van der Waals surface area contributed by atoms with Gasteiger partial charge in [-0.2, -0.15) is 5.26 Å². The fraction of sp³-hybridized carbons (Fsp3) is 0.214. The molecule has 1 atom stereocenters. The summed E-state index contributed by atoms with van der Waals surface area (Å²) < 4.78 is 32.8. The summed E-state index contributed by atoms with van der Waals surface area (Å²) in [6.45, 7) is -0.793. The van der Waals surface area contributed by atoms with Crippen LogP contribution in [0.1, 0.15) is 40.7 Å². The van der Waals surface area contributed by atoms with Crippen molar-refractivity contribution < 1.29 is 22.8 Å². The van der Waals surface area contributed by atoms with E-state index in [2.05, 4.69) is 4.98 Å². The number of alkyl halides is 2. The smallest absolute Gasteiger partial charge is 0.268 e. The molecule has 0 unspecified atom stereocenters. The van der Waals surface area contributed by atoms with Crippen LogP contribution in [0.25, 0.3) is 34.0 Å². The lowest BCUT2D eigenvalue weighted by Gasteiger charge is -2.18. The second kappa shape index (κ2) is 9.34. The van der Waals surface area contributed by atoms with E-state index in [1.807, 2.05) is 54.6 Å². The molecule has 2 aromatic heterocycles. The molecule has 0 radical (unpaired) electrons. The lowest BCUT2D eigenvalue weighted by atomic mass is 10.00. The van der Waals surface area contributed by atoms with Gasteiger partial charge in [0.15, 0.2) is 5.78 Å². The number of nitriles is 1. The molecule has 8 heteroatoms. The predicted octanol–water partition coefficient (Wildman–Crippen LogP) is 5.87. The van der Waals surface area contributed by atoms with Gasteiger partial charge < -0.3 is 9.32 Å². The Balaban J connectivity index is 1.33. The van der Waals surface area contributed by atoms with E-state index in [0.717, 1.165) is 27.0 Å². The van der Waals surface area contributed by atoms with Crippen LogP contribution in [-0.4, -0.2) is 40.1 Å². The molecule has 1 aliphatic rings. The Hall–Kier alpha value is -4.38. The van der Waals surface area contributed by atoms with Crippen molar-refractivity contribution in [1.82, 2.24) is 9.88 Å². The number of pyridine rings is 1. The van der Waals surface area contributed by atoms with E-state index in [4.69, 9.17) is 9.68 Å². The summed E-state index contributed by atoms with van der Waals surface area (Å²) in [4.78, 5) is 30.7. The number of nitrogens with zero attached hydrogens (tertiary/aromatic N) is 3. The van der Waals surface area contributed by atoms with Gasteiger partial charge >= 0.3 is 0 Å². The van der Waals surface area contributed by atoms with Crippen molar-refractivity contribution in [2.24, 2.45) is 0 Å². The zero-order valence-corrected chi connectivity index (χ0v) is 19.2. The number of rotatable bonds is 6. The van der Waals surface area contributed by atoms with Gasteiger partial charge in [0.25, 0.3) is 5.92 Å². The van der Waals surface area contributed by atoms with Crippen molar-refractivity contribution in [1.29, 1.82) is 5.26 Å². The predicted molar refractivity (Wildman–Crippen MR) is 131 cm³/mol. The molecule has 5 rings (SSSR count). The number of likely N-dealkylation sites (tertiary alicyclic amines) is 1. The van der Waals surface area contributed by atoms with Crippen LogP contribution in [-0.2, 0) is 4.79 Å². The largest absolute Gasteiger partial charge is 0.464 e. The van der Waals surface area contributed by atoms with Gasteiger partial charge in [-0.3, -0.25) is 14.6 Å². The van der Waals surface area contributed by atoms with Crippen molar-refractivity contribution in [3.8, 4) is 6.07 Å². The lowest BCUT2D eigenvalue weighted by Crippen LogP contribution is -2.36. The molecular weight excluding hydrogens is 464 g/mol. The minimum atomic E-state index is -3.09. The first kappa shape index (κ1) is 23.4. The number of hydrogen-bond donors (Lipinski definition) is 0. The Morgan fingerprint density at radius 2 is 1.89 bits per heavy atom. The van der Waals surface area contributed by atoms with E-state index < -0.39 is 30.8 Å². The second-order valence-electron chi connectivity index (χ2n) is 8.84. The van der Waals surface area contributed by atoms with Crippen LogP contribution in [0.15, 0.2) is 65.4 Å². The highest BCUT2D eigenvalue weighted by Gasteiger charge is 2.47. The van der Waals surface area contributed by atoms with Gasteiger partial charge in [0.2, 0.25) is 5.91 Å². The Labute approximate surface area is 205 Å². The molecule has 0 N–H and O–H groups in total. The van der Waals surface area contributed by atoms with Crippen LogP contribution < -0.4 is 0 Å². The number of halogens is 2. The first-order valence-electron chi connectivity index (χ1n) is 11.5. The first-order valence-corrected chi connectivity index (χ1v) is 11.5. The second-order valence-corrected chi connectivity index (χ2v) is 8.84. The fourth-order valence-electron chi connectivity index (χ4n) is 4.47. The van der Waals surface area contributed by atoms with Crippen molar-refractivity contribution in [2.45, 2.75) is 31.2 Å². The molecule has 0 spiro atoms. The average molecular weight is 485 g/mol. The molecule has 0 aliphatic carbocycles. The average Bonchev–Trinajstić information content (AvgIpc) is 3.48. The van der Waals surface area contributed by atoms with Gasteiger partial charge in [-0.25, -0.2) is 8.78 Å². The first-order chi connectivity index (χ1) is 17.3. The molecule has 4 aromatic rings. The summed E-state index contributed by atoms with van der Waals surface area (Å²) in [5.41, 5.74) is 3.65. The van der Waals surface area contributed by atoms with Gasteiger partial charge in [0.05, 0.1) is 24.4 Å². The molecule has 1 aliphatic heterocycles. The van der Waals surface area contributed by atoms with E-state index in [1.165, 1.54) is 6.20 Å². The van der Waals surface area contributed by atoms with Crippen molar-refractivity contribution >= 4 is 45.7 Å². The zero-order valence-electron chi connectivity index (χ0n) is 19.2. The van der Waals surface area contributed by atoms with Crippen molar-refractivity contribution in [3.63, 3.8) is 0 Å². The van der Waals surface area contributed by atoms with Crippen LogP contribution in [0.4, 0.5) is 8.78 Å². The molecular formula is C28H21F2N3O3. The van der Waals surface area contributed by atoms with Crippen molar-refractivity contribution in [2.75, 3.05) is 6.54 Å². The van der Waals surface area contributed by atoms with Gasteiger partial charge in [0, 0.05) is 41.8 Å². The van der Waals surface area contributed by atoms with E-state index in [-0.39, 0.29) is 18.6 Å². The van der Waals surface area contributed by atoms with Crippen LogP contribution in [0.3, 0.4) is 0 Å². The van der Waals surface area contributed by atoms with Crippen molar-refractivity contribution in [3.05, 3.63) is 77.7 Å². The summed E-state index contributed by atoms with van der Waals surface area (Å²) in [5.74, 6) is -4.00. The van der Waals surface area contributed by atoms with Crippen LogP contribution >= 0.6 is 0 Å². The number of fused-ring (bicyclic) bond motifs is 2. The number of amides is 1. The number of aromatic nitrogens is 1. The fourth-order valence-corrected chi connectivity index (χ4v) is 4.47. The molecule has 6 nitrogen and oxygen atoms in total. The molecule has 36 heavy (non-hydrogen) atoms. The van der Waals surface area contributed by atoms with E-state index in [1.54, 1.807) is 18.4 Å². The number of ketones is 1. The van der Waals surface area contributed by atoms with Gasteiger partial charge in [-0.05, 0) is 41.5 Å². The number of benzene rings is 2. The Kier molecular flexibility index (Phi) is 6.06. The highest BCUT2D eigenvalue weighted by atomic mass is 19.3. The summed E-state index contributed by atoms with van der Waals surface area (Å²) >= 11 is 0. The van der Waals surface area contributed by atoms with E-state index in [0.29, 0.717) is 16.5 Å². The van der Waals surface area contributed by atoms with Gasteiger partial charge in [-0.15, -0.1) is 0 Å². The third kappa shape index (κ3) is 4.73. The molecule has 1 fully saturated rings. The van der Waals surface area contributed by atoms with Gasteiger partial charge in [0.1, 0.15) is 11.6 Å².